The van der Waals surface area contributed by atoms with Crippen molar-refractivity contribution in [2.45, 2.75) is 32.4 Å². The lowest BCUT2D eigenvalue weighted by atomic mass is 10.3. The fourth-order valence-corrected chi connectivity index (χ4v) is 3.98. The monoisotopic (exact) mass is 469 g/mol. The molecule has 3 aromatic heterocycles. The fourth-order valence-electron chi connectivity index (χ4n) is 3.23. The van der Waals surface area contributed by atoms with Crippen LogP contribution in [0.4, 0.5) is 13.2 Å². The summed E-state index contributed by atoms with van der Waals surface area (Å²) in [5.74, 6) is -1.74. The number of aromatic nitrogens is 3. The number of aliphatic carboxylic acids is 1. The molecule has 0 bridgehead atoms. The van der Waals surface area contributed by atoms with Crippen molar-refractivity contribution < 1.29 is 27.9 Å². The molecule has 0 aliphatic carbocycles. The summed E-state index contributed by atoms with van der Waals surface area (Å²) in [5, 5.41) is 12.2. The summed E-state index contributed by atoms with van der Waals surface area (Å²) < 4.78 is 35.8. The average molecular weight is 469 g/mol. The number of rotatable bonds is 5. The molecule has 4 rings (SSSR count). The number of carboxylic acid groups (broad SMARTS) is 1. The van der Waals surface area contributed by atoms with Crippen LogP contribution in [0.1, 0.15) is 26.9 Å². The van der Waals surface area contributed by atoms with Crippen molar-refractivity contribution in [3.8, 4) is 0 Å². The lowest BCUT2D eigenvalue weighted by Crippen LogP contribution is -2.34. The molecular formula is C20H22F3N5O3S. The number of carboxylic acids is 1. The van der Waals surface area contributed by atoms with E-state index in [2.05, 4.69) is 37.3 Å². The lowest BCUT2D eigenvalue weighted by Gasteiger charge is -2.28. The number of hydrogen-bond donors (Lipinski definition) is 2. The Morgan fingerprint density at radius 3 is 2.59 bits per heavy atom. The van der Waals surface area contributed by atoms with Gasteiger partial charge in [0.05, 0.1) is 25.0 Å². The Labute approximate surface area is 185 Å². The smallest absolute Gasteiger partial charge is 0.475 e. The number of carbonyl (C=O) groups excluding carboxylic acids is 1. The van der Waals surface area contributed by atoms with Gasteiger partial charge < -0.3 is 19.6 Å². The molecule has 0 atom stereocenters. The molecule has 8 nitrogen and oxygen atoms in total. The Morgan fingerprint density at radius 2 is 2.00 bits per heavy atom. The van der Waals surface area contributed by atoms with Gasteiger partial charge in [0.25, 0.3) is 5.91 Å². The summed E-state index contributed by atoms with van der Waals surface area (Å²) in [6, 6.07) is 7.97. The second-order valence-electron chi connectivity index (χ2n) is 7.10. The van der Waals surface area contributed by atoms with Gasteiger partial charge >= 0.3 is 12.1 Å². The number of fused-ring (bicyclic) bond motifs is 1. The van der Waals surface area contributed by atoms with Gasteiger partial charge in [-0.05, 0) is 23.6 Å². The minimum Gasteiger partial charge on any atom is -0.475 e. The Morgan fingerprint density at radius 1 is 1.25 bits per heavy atom. The molecular weight excluding hydrogens is 447 g/mol. The molecule has 1 aliphatic heterocycles. The van der Waals surface area contributed by atoms with E-state index in [1.807, 2.05) is 36.1 Å². The van der Waals surface area contributed by atoms with Crippen molar-refractivity contribution in [1.82, 2.24) is 24.3 Å². The van der Waals surface area contributed by atoms with Crippen molar-refractivity contribution in [2.24, 2.45) is 7.05 Å². The van der Waals surface area contributed by atoms with Crippen LogP contribution in [-0.2, 0) is 38.0 Å². The highest BCUT2D eigenvalue weighted by Crippen LogP contribution is 2.19. The quantitative estimate of drug-likeness (QED) is 0.600. The first-order valence-electron chi connectivity index (χ1n) is 9.63. The van der Waals surface area contributed by atoms with Gasteiger partial charge in [-0.3, -0.25) is 9.69 Å². The Balaban J connectivity index is 0.000000360. The minimum absolute atomic E-state index is 0.0572. The van der Waals surface area contributed by atoms with Crippen molar-refractivity contribution in [3.63, 3.8) is 0 Å². The molecule has 4 heterocycles. The lowest BCUT2D eigenvalue weighted by molar-refractivity contribution is -0.192. The van der Waals surface area contributed by atoms with Crippen molar-refractivity contribution in [2.75, 3.05) is 6.54 Å². The highest BCUT2D eigenvalue weighted by atomic mass is 32.1. The number of nitrogens with one attached hydrogen (secondary N) is 1. The Kier molecular flexibility index (Phi) is 7.36. The molecule has 12 heteroatoms. The maximum absolute atomic E-state index is 12.3. The van der Waals surface area contributed by atoms with E-state index in [0.29, 0.717) is 12.2 Å². The number of amides is 1. The van der Waals surface area contributed by atoms with Crippen molar-refractivity contribution >= 4 is 23.2 Å². The number of halogens is 3. The van der Waals surface area contributed by atoms with Gasteiger partial charge in [0.1, 0.15) is 11.5 Å². The normalized spacial score (nSPS) is 13.8. The molecule has 0 aromatic carbocycles. The molecule has 0 fully saturated rings. The van der Waals surface area contributed by atoms with Crippen molar-refractivity contribution in [1.29, 1.82) is 0 Å². The predicted molar refractivity (Wildman–Crippen MR) is 111 cm³/mol. The molecule has 1 aliphatic rings. The third-order valence-corrected chi connectivity index (χ3v) is 5.70. The van der Waals surface area contributed by atoms with Gasteiger partial charge in [0.2, 0.25) is 0 Å². The zero-order chi connectivity index (χ0) is 23.3. The molecule has 32 heavy (non-hydrogen) atoms. The second-order valence-corrected chi connectivity index (χ2v) is 8.13. The summed E-state index contributed by atoms with van der Waals surface area (Å²) >= 11 is 1.80. The van der Waals surface area contributed by atoms with E-state index in [9.17, 15) is 18.0 Å². The summed E-state index contributed by atoms with van der Waals surface area (Å²) in [7, 11) is 1.87. The van der Waals surface area contributed by atoms with E-state index < -0.39 is 12.1 Å². The van der Waals surface area contributed by atoms with Crippen LogP contribution >= 0.6 is 11.3 Å². The summed E-state index contributed by atoms with van der Waals surface area (Å²) in [4.78, 5) is 29.5. The number of nitrogens with zero attached hydrogens (tertiary/aromatic N) is 4. The van der Waals surface area contributed by atoms with Crippen LogP contribution in [-0.4, -0.2) is 48.7 Å². The first kappa shape index (κ1) is 23.5. The molecule has 0 radical (unpaired) electrons. The first-order chi connectivity index (χ1) is 15.1. The number of carbonyl (C=O) groups is 2. The van der Waals surface area contributed by atoms with Gasteiger partial charge in [-0.15, -0.1) is 11.3 Å². The number of imidazole rings is 1. The van der Waals surface area contributed by atoms with Crippen LogP contribution in [0, 0.1) is 0 Å². The SMILES string of the molecule is Cn1cccc1C(=O)NCc1cnc2n1CCN(Cc1cccs1)C2.O=C(O)C(F)(F)F. The highest BCUT2D eigenvalue weighted by molar-refractivity contribution is 7.09. The van der Waals surface area contributed by atoms with E-state index in [4.69, 9.17) is 9.90 Å². The van der Waals surface area contributed by atoms with Gasteiger partial charge in [0.15, 0.2) is 0 Å². The largest absolute Gasteiger partial charge is 0.490 e. The highest BCUT2D eigenvalue weighted by Gasteiger charge is 2.38. The molecule has 2 N–H and O–H groups in total. The first-order valence-corrected chi connectivity index (χ1v) is 10.5. The van der Waals surface area contributed by atoms with Gasteiger partial charge in [0, 0.05) is 37.8 Å². The predicted octanol–water partition coefficient (Wildman–Crippen LogP) is 2.86. The molecule has 172 valence electrons. The summed E-state index contributed by atoms with van der Waals surface area (Å²) in [5.41, 5.74) is 1.73. The van der Waals surface area contributed by atoms with E-state index >= 15 is 0 Å². The van der Waals surface area contributed by atoms with Crippen LogP contribution in [0.25, 0.3) is 0 Å². The third-order valence-electron chi connectivity index (χ3n) is 4.83. The van der Waals surface area contributed by atoms with Crippen LogP contribution in [0.2, 0.25) is 0 Å². The van der Waals surface area contributed by atoms with E-state index in [-0.39, 0.29) is 5.91 Å². The number of alkyl halides is 3. The third kappa shape index (κ3) is 5.98. The van der Waals surface area contributed by atoms with Crippen LogP contribution < -0.4 is 5.32 Å². The van der Waals surface area contributed by atoms with Crippen LogP contribution in [0.3, 0.4) is 0 Å². The maximum Gasteiger partial charge on any atom is 0.490 e. The molecule has 3 aromatic rings. The van der Waals surface area contributed by atoms with Gasteiger partial charge in [-0.25, -0.2) is 9.78 Å². The number of hydrogen-bond acceptors (Lipinski definition) is 5. The maximum atomic E-state index is 12.3. The molecule has 0 spiro atoms. The Hall–Kier alpha value is -3.12. The fraction of sp³-hybridized carbons (Fsp3) is 0.350. The number of thiophene rings is 1. The zero-order valence-corrected chi connectivity index (χ0v) is 18.0. The summed E-state index contributed by atoms with van der Waals surface area (Å²) in [6.45, 7) is 4.24. The Bertz CT molecular complexity index is 1060. The second kappa shape index (κ2) is 10.0. The van der Waals surface area contributed by atoms with Crippen LogP contribution in [0.15, 0.2) is 42.0 Å². The van der Waals surface area contributed by atoms with E-state index in [0.717, 1.165) is 37.7 Å². The minimum atomic E-state index is -5.08. The topological polar surface area (TPSA) is 92.4 Å². The van der Waals surface area contributed by atoms with Crippen molar-refractivity contribution in [3.05, 3.63) is 64.1 Å². The number of aryl methyl sites for hydroxylation is 1. The molecule has 0 saturated carbocycles. The van der Waals surface area contributed by atoms with Gasteiger partial charge in [-0.1, -0.05) is 6.07 Å². The summed E-state index contributed by atoms with van der Waals surface area (Å²) in [6.07, 6.45) is -1.33. The van der Waals surface area contributed by atoms with Gasteiger partial charge in [-0.2, -0.15) is 13.2 Å². The van der Waals surface area contributed by atoms with E-state index in [1.165, 1.54) is 4.88 Å². The standard InChI is InChI=1S/C18H21N5OS.C2HF3O2/c1-21-6-2-5-16(21)18(24)20-11-14-10-19-17-13-22(7-8-23(14)17)12-15-4-3-9-25-15;3-2(4,5)1(6)7/h2-6,9-10H,7-8,11-13H2,1H3,(H,20,24);(H,6,7). The zero-order valence-electron chi connectivity index (χ0n) is 17.2. The van der Waals surface area contributed by atoms with E-state index in [1.54, 1.807) is 11.3 Å². The van der Waals surface area contributed by atoms with Crippen LogP contribution in [0.5, 0.6) is 0 Å². The molecule has 0 saturated heterocycles. The average Bonchev–Trinajstić information content (AvgIpc) is 3.47. The molecule has 1 amide bonds. The molecule has 0 unspecified atom stereocenters.